The number of halogens is 1. The lowest BCUT2D eigenvalue weighted by atomic mass is 10.1. The Morgan fingerprint density at radius 1 is 1.67 bits per heavy atom. The van der Waals surface area contributed by atoms with E-state index < -0.39 is 49.0 Å². The van der Waals surface area contributed by atoms with E-state index in [2.05, 4.69) is 20.3 Å². The van der Waals surface area contributed by atoms with E-state index in [0.717, 1.165) is 6.20 Å². The van der Waals surface area contributed by atoms with Crippen LogP contribution in [0.15, 0.2) is 22.2 Å². The summed E-state index contributed by atoms with van der Waals surface area (Å²) in [5.74, 6) is -1.23. The topological polar surface area (TPSA) is 183 Å². The van der Waals surface area contributed by atoms with Crippen molar-refractivity contribution in [2.24, 2.45) is 5.11 Å². The van der Waals surface area contributed by atoms with E-state index in [4.69, 9.17) is 15.4 Å². The average molecular weight is 344 g/mol. The zero-order valence-corrected chi connectivity index (χ0v) is 12.0. The molecule has 0 amide bonds. The fourth-order valence-electron chi connectivity index (χ4n) is 2.15. The maximum atomic E-state index is 14.3. The number of ether oxygens (including phenoxy) is 1. The van der Waals surface area contributed by atoms with E-state index in [-0.39, 0.29) is 5.82 Å². The summed E-state index contributed by atoms with van der Waals surface area (Å²) in [6.07, 6.45) is -4.81. The molecule has 0 spiro atoms. The first-order chi connectivity index (χ1) is 11.3. The van der Waals surface area contributed by atoms with Gasteiger partial charge in [0.1, 0.15) is 18.5 Å². The van der Waals surface area contributed by atoms with E-state index in [1.165, 1.54) is 6.07 Å². The molecule has 13 heteroatoms. The Balaban J connectivity index is 2.30. The first-order valence-corrected chi connectivity index (χ1v) is 6.56. The molecule has 0 saturated carbocycles. The lowest BCUT2D eigenvalue weighted by molar-refractivity contribution is -0.134. The summed E-state index contributed by atoms with van der Waals surface area (Å²) in [7, 11) is 0. The van der Waals surface area contributed by atoms with Crippen LogP contribution in [0.3, 0.4) is 0 Å². The van der Waals surface area contributed by atoms with Crippen LogP contribution in [-0.4, -0.2) is 62.0 Å². The number of nitrogens with one attached hydrogen (secondary N) is 1. The molecule has 130 valence electrons. The van der Waals surface area contributed by atoms with Crippen molar-refractivity contribution in [1.82, 2.24) is 9.55 Å². The lowest BCUT2D eigenvalue weighted by Crippen LogP contribution is -2.43. The quantitative estimate of drug-likeness (QED) is 0.287. The Morgan fingerprint density at radius 3 is 2.92 bits per heavy atom. The summed E-state index contributed by atoms with van der Waals surface area (Å²) < 4.78 is 20.0. The summed E-state index contributed by atoms with van der Waals surface area (Å²) in [6, 6.07) is 1.19. The minimum absolute atomic E-state index is 0.0592. The summed E-state index contributed by atoms with van der Waals surface area (Å²) in [5, 5.41) is 33.0. The van der Waals surface area contributed by atoms with Crippen molar-refractivity contribution < 1.29 is 29.2 Å². The number of carboxylic acids is 1. The summed E-state index contributed by atoms with van der Waals surface area (Å²) in [6.45, 7) is -1.49. The summed E-state index contributed by atoms with van der Waals surface area (Å²) in [5.41, 5.74) is 5.21. The third-order valence-corrected chi connectivity index (χ3v) is 3.33. The molecule has 1 fully saturated rings. The van der Waals surface area contributed by atoms with Crippen LogP contribution >= 0.6 is 0 Å². The number of hydrogen-bond acceptors (Lipinski definition) is 8. The van der Waals surface area contributed by atoms with Crippen molar-refractivity contribution in [3.63, 3.8) is 0 Å². The Kier molecular flexibility index (Phi) is 4.99. The van der Waals surface area contributed by atoms with E-state index in [0.29, 0.717) is 4.57 Å². The molecule has 2 rings (SSSR count). The van der Waals surface area contributed by atoms with Gasteiger partial charge in [-0.1, -0.05) is 5.11 Å². The Hall–Kier alpha value is -2.73. The number of hydrogen-bond donors (Lipinski definition) is 4. The van der Waals surface area contributed by atoms with Gasteiger partial charge in [0.25, 0.3) is 0 Å². The van der Waals surface area contributed by atoms with Gasteiger partial charge in [-0.15, -0.1) is 0 Å². The molecule has 2 unspecified atom stereocenters. The zero-order chi connectivity index (χ0) is 17.9. The Bertz CT molecular complexity index is 736. The van der Waals surface area contributed by atoms with Gasteiger partial charge in [-0.3, -0.25) is 9.36 Å². The van der Waals surface area contributed by atoms with Crippen molar-refractivity contribution in [3.05, 3.63) is 33.2 Å². The molecule has 12 nitrogen and oxygen atoms in total. The van der Waals surface area contributed by atoms with Gasteiger partial charge in [-0.05, 0) is 11.6 Å². The number of aromatic nitrogens is 2. The molecular formula is C11H13FN6O6. The van der Waals surface area contributed by atoms with Crippen LogP contribution in [0.1, 0.15) is 6.23 Å². The van der Waals surface area contributed by atoms with Gasteiger partial charge in [0.2, 0.25) is 5.72 Å². The maximum absolute atomic E-state index is 14.3. The molecule has 0 aliphatic carbocycles. The van der Waals surface area contributed by atoms with Gasteiger partial charge in [0.05, 0.1) is 6.61 Å². The third-order valence-electron chi connectivity index (χ3n) is 3.33. The number of carboxylic acid groups (broad SMARTS) is 1. The van der Waals surface area contributed by atoms with E-state index >= 15 is 0 Å². The Labute approximate surface area is 132 Å². The fraction of sp³-hybridized carbons (Fsp3) is 0.545. The van der Waals surface area contributed by atoms with Crippen LogP contribution in [-0.2, 0) is 9.53 Å². The normalized spacial score (nSPS) is 29.0. The summed E-state index contributed by atoms with van der Waals surface area (Å²) >= 11 is 0. The SMILES string of the molecule is [N-]=[N+]=N[C@]1(CO)OC(n2ccc(NCC(=O)O)nc2=O)[C@@H](F)C1O. The highest BCUT2D eigenvalue weighted by Crippen LogP contribution is 2.39. The number of carbonyl (C=O) groups is 1. The van der Waals surface area contributed by atoms with Gasteiger partial charge in [-0.2, -0.15) is 4.98 Å². The third kappa shape index (κ3) is 3.14. The second-order valence-electron chi connectivity index (χ2n) is 4.84. The molecule has 0 radical (unpaired) electrons. The zero-order valence-electron chi connectivity index (χ0n) is 12.0. The molecule has 1 aromatic heterocycles. The molecule has 0 bridgehead atoms. The number of anilines is 1. The van der Waals surface area contributed by atoms with Gasteiger partial charge in [0.15, 0.2) is 12.4 Å². The van der Waals surface area contributed by atoms with E-state index in [1.54, 1.807) is 0 Å². The minimum atomic E-state index is -2.27. The monoisotopic (exact) mass is 344 g/mol. The van der Waals surface area contributed by atoms with Crippen molar-refractivity contribution >= 4 is 11.8 Å². The number of aliphatic carboxylic acids is 1. The standard InChI is InChI=1S/C11H13FN6O6/c12-7-8(22)11(4-19,16-17-13)24-9(7)18-2-1-5(15-10(18)23)14-3-6(20)21/h1-2,7-9,19,22H,3-4H2,(H,20,21)(H,14,15,23)/t7-,8?,9?,11+/m0/s1. The minimum Gasteiger partial charge on any atom is -0.480 e. The van der Waals surface area contributed by atoms with Crippen molar-refractivity contribution in [2.45, 2.75) is 24.2 Å². The van der Waals surface area contributed by atoms with Gasteiger partial charge < -0.3 is 25.4 Å². The van der Waals surface area contributed by atoms with Gasteiger partial charge in [0, 0.05) is 11.1 Å². The molecule has 1 aromatic rings. The molecule has 4 N–H and O–H groups in total. The number of alkyl halides is 1. The van der Waals surface area contributed by atoms with Crippen LogP contribution in [0.4, 0.5) is 10.2 Å². The second-order valence-corrected chi connectivity index (χ2v) is 4.84. The van der Waals surface area contributed by atoms with Crippen molar-refractivity contribution in [1.29, 1.82) is 0 Å². The molecule has 4 atom stereocenters. The fourth-order valence-corrected chi connectivity index (χ4v) is 2.15. The van der Waals surface area contributed by atoms with E-state index in [9.17, 15) is 24.2 Å². The molecule has 1 saturated heterocycles. The van der Waals surface area contributed by atoms with Crippen molar-refractivity contribution in [2.75, 3.05) is 18.5 Å². The highest BCUT2D eigenvalue weighted by Gasteiger charge is 2.56. The second kappa shape index (κ2) is 6.80. The van der Waals surface area contributed by atoms with Gasteiger partial charge in [-0.25, -0.2) is 9.18 Å². The first-order valence-electron chi connectivity index (χ1n) is 6.56. The number of aliphatic hydroxyl groups is 2. The highest BCUT2D eigenvalue weighted by atomic mass is 19.1. The molecule has 0 aromatic carbocycles. The summed E-state index contributed by atoms with van der Waals surface area (Å²) in [4.78, 5) is 28.3. The van der Waals surface area contributed by atoms with Crippen LogP contribution in [0.2, 0.25) is 0 Å². The van der Waals surface area contributed by atoms with Crippen LogP contribution in [0, 0.1) is 0 Å². The number of aliphatic hydroxyl groups excluding tert-OH is 2. The van der Waals surface area contributed by atoms with Crippen molar-refractivity contribution in [3.8, 4) is 0 Å². The number of nitrogens with zero attached hydrogens (tertiary/aromatic N) is 5. The largest absolute Gasteiger partial charge is 0.480 e. The number of azide groups is 1. The van der Waals surface area contributed by atoms with Crippen LogP contribution < -0.4 is 11.0 Å². The maximum Gasteiger partial charge on any atom is 0.351 e. The average Bonchev–Trinajstić information content (AvgIpc) is 2.79. The number of rotatable bonds is 6. The molecular weight excluding hydrogens is 331 g/mol. The smallest absolute Gasteiger partial charge is 0.351 e. The van der Waals surface area contributed by atoms with Crippen LogP contribution in [0.5, 0.6) is 0 Å². The molecule has 2 heterocycles. The van der Waals surface area contributed by atoms with Crippen LogP contribution in [0.25, 0.3) is 10.4 Å². The molecule has 24 heavy (non-hydrogen) atoms. The molecule has 1 aliphatic rings. The predicted molar refractivity (Wildman–Crippen MR) is 74.6 cm³/mol. The predicted octanol–water partition coefficient (Wildman–Crippen LogP) is -1.03. The Morgan fingerprint density at radius 2 is 2.38 bits per heavy atom. The van der Waals surface area contributed by atoms with Gasteiger partial charge >= 0.3 is 11.7 Å². The lowest BCUT2D eigenvalue weighted by Gasteiger charge is -2.23. The highest BCUT2D eigenvalue weighted by molar-refractivity contribution is 5.72. The van der Waals surface area contributed by atoms with E-state index in [1.807, 2.05) is 0 Å². The first kappa shape index (κ1) is 17.6. The molecule has 1 aliphatic heterocycles.